The minimum atomic E-state index is -4.50. The summed E-state index contributed by atoms with van der Waals surface area (Å²) in [5.41, 5.74) is -1.24. The molecule has 0 saturated heterocycles. The van der Waals surface area contributed by atoms with E-state index in [0.29, 0.717) is 22.2 Å². The van der Waals surface area contributed by atoms with Crippen molar-refractivity contribution in [3.05, 3.63) is 49.3 Å². The van der Waals surface area contributed by atoms with Gasteiger partial charge >= 0.3 is 12.1 Å². The number of alkyl halides is 3. The Hall–Kier alpha value is -1.62. The smallest absolute Gasteiger partial charge is 0.398 e. The highest BCUT2D eigenvalue weighted by molar-refractivity contribution is 14.1. The Balaban J connectivity index is 1.83. The Morgan fingerprint density at radius 2 is 2.00 bits per heavy atom. The van der Waals surface area contributed by atoms with Gasteiger partial charge in [0.15, 0.2) is 0 Å². The van der Waals surface area contributed by atoms with Crippen molar-refractivity contribution in [1.82, 2.24) is 9.78 Å². The first-order chi connectivity index (χ1) is 13.6. The Morgan fingerprint density at radius 3 is 2.59 bits per heavy atom. The maximum atomic E-state index is 13.7. The van der Waals surface area contributed by atoms with Gasteiger partial charge in [-0.3, -0.25) is 9.59 Å². The number of benzene rings is 1. The highest BCUT2D eigenvalue weighted by Crippen LogP contribution is 2.60. The SMILES string of the molecule is O=C(O)[C@H]1CCc2c(I)nn(C(=O)c3c(Cl)cccc3C3(C(F)(F)F)CC3)c2C1. The number of carbonyl (C=O) groups is 2. The molecule has 154 valence electrons. The minimum Gasteiger partial charge on any atom is -0.481 e. The number of carboxylic acids is 1. The number of hydrogen-bond acceptors (Lipinski definition) is 3. The fourth-order valence-corrected chi connectivity index (χ4v) is 5.07. The largest absolute Gasteiger partial charge is 0.481 e. The highest BCUT2D eigenvalue weighted by Gasteiger charge is 2.65. The lowest BCUT2D eigenvalue weighted by Crippen LogP contribution is -2.32. The summed E-state index contributed by atoms with van der Waals surface area (Å²) in [5, 5.41) is 13.5. The molecule has 29 heavy (non-hydrogen) atoms. The zero-order chi connectivity index (χ0) is 21.1. The Kier molecular flexibility index (Phi) is 4.96. The van der Waals surface area contributed by atoms with Crippen molar-refractivity contribution in [3.8, 4) is 0 Å². The monoisotopic (exact) mass is 538 g/mol. The molecule has 0 bridgehead atoms. The van der Waals surface area contributed by atoms with Crippen molar-refractivity contribution in [2.45, 2.75) is 43.7 Å². The van der Waals surface area contributed by atoms with Gasteiger partial charge in [0.25, 0.3) is 5.91 Å². The average Bonchev–Trinajstić information content (AvgIpc) is 3.41. The van der Waals surface area contributed by atoms with Crippen LogP contribution in [0.25, 0.3) is 0 Å². The van der Waals surface area contributed by atoms with Crippen LogP contribution in [0.2, 0.25) is 5.02 Å². The first-order valence-electron chi connectivity index (χ1n) is 8.96. The topological polar surface area (TPSA) is 72.2 Å². The third kappa shape index (κ3) is 3.26. The van der Waals surface area contributed by atoms with Gasteiger partial charge in [0.05, 0.1) is 27.6 Å². The van der Waals surface area contributed by atoms with E-state index in [9.17, 15) is 27.9 Å². The van der Waals surface area contributed by atoms with Crippen LogP contribution in [-0.2, 0) is 23.1 Å². The fourth-order valence-electron chi connectivity index (χ4n) is 4.02. The van der Waals surface area contributed by atoms with Crippen LogP contribution in [0.1, 0.15) is 46.4 Å². The second-order valence-corrected chi connectivity index (χ2v) is 8.88. The van der Waals surface area contributed by atoms with Gasteiger partial charge in [-0.25, -0.2) is 0 Å². The summed E-state index contributed by atoms with van der Waals surface area (Å²) in [7, 11) is 0. The number of halogens is 5. The van der Waals surface area contributed by atoms with Gasteiger partial charge in [-0.1, -0.05) is 23.7 Å². The van der Waals surface area contributed by atoms with E-state index in [-0.39, 0.29) is 35.4 Å². The van der Waals surface area contributed by atoms with Crippen molar-refractivity contribution < 1.29 is 27.9 Å². The summed E-state index contributed by atoms with van der Waals surface area (Å²) in [6, 6.07) is 4.08. The molecule has 1 aromatic heterocycles. The third-order valence-electron chi connectivity index (χ3n) is 5.80. The van der Waals surface area contributed by atoms with Crippen molar-refractivity contribution >= 4 is 46.1 Å². The summed E-state index contributed by atoms with van der Waals surface area (Å²) in [4.78, 5) is 24.8. The van der Waals surface area contributed by atoms with E-state index in [1.165, 1.54) is 18.2 Å². The van der Waals surface area contributed by atoms with E-state index < -0.39 is 29.4 Å². The van der Waals surface area contributed by atoms with E-state index >= 15 is 0 Å². The zero-order valence-electron chi connectivity index (χ0n) is 14.9. The standard InChI is InChI=1S/C19H15ClF3IN2O3/c20-12-3-1-2-11(18(6-7-18)19(21,22)23)14(12)16(27)26-13-8-9(17(28)29)4-5-10(13)15(24)25-26/h1-3,9H,4-8H2,(H,28,29)/t9-/m0/s1. The van der Waals surface area contributed by atoms with Crippen molar-refractivity contribution in [1.29, 1.82) is 0 Å². The molecule has 2 aromatic rings. The molecule has 1 atom stereocenters. The molecule has 1 N–H and O–H groups in total. The number of carboxylic acid groups (broad SMARTS) is 1. The molecule has 1 fully saturated rings. The first-order valence-corrected chi connectivity index (χ1v) is 10.4. The van der Waals surface area contributed by atoms with Crippen LogP contribution < -0.4 is 0 Å². The van der Waals surface area contributed by atoms with E-state index in [1.54, 1.807) is 0 Å². The second-order valence-electron chi connectivity index (χ2n) is 7.45. The molecule has 4 rings (SSSR count). The van der Waals surface area contributed by atoms with Gasteiger partial charge in [-0.05, 0) is 59.9 Å². The van der Waals surface area contributed by atoms with Crippen molar-refractivity contribution in [2.24, 2.45) is 5.92 Å². The summed E-state index contributed by atoms with van der Waals surface area (Å²) < 4.78 is 42.8. The molecule has 0 amide bonds. The third-order valence-corrected chi connectivity index (χ3v) is 6.98. The van der Waals surface area contributed by atoms with Gasteiger partial charge in [-0.2, -0.15) is 23.0 Å². The number of rotatable bonds is 3. The number of hydrogen-bond donors (Lipinski definition) is 1. The normalized spacial score (nSPS) is 20.2. The lowest BCUT2D eigenvalue weighted by Gasteiger charge is -2.24. The minimum absolute atomic E-state index is 0.0760. The first kappa shape index (κ1) is 20.6. The van der Waals surface area contributed by atoms with Crippen LogP contribution in [0, 0.1) is 9.62 Å². The number of aliphatic carboxylic acids is 1. The number of carbonyl (C=O) groups excluding carboxylic acids is 1. The Bertz CT molecular complexity index is 1030. The zero-order valence-corrected chi connectivity index (χ0v) is 17.8. The summed E-state index contributed by atoms with van der Waals surface area (Å²) in [6.07, 6.45) is -3.75. The van der Waals surface area contributed by atoms with Gasteiger partial charge in [0, 0.05) is 12.0 Å². The summed E-state index contributed by atoms with van der Waals surface area (Å²) in [6.45, 7) is 0. The van der Waals surface area contributed by atoms with Gasteiger partial charge in [-0.15, -0.1) is 0 Å². The molecule has 10 heteroatoms. The molecule has 1 aromatic carbocycles. The van der Waals surface area contributed by atoms with Gasteiger partial charge in [0.1, 0.15) is 3.70 Å². The maximum Gasteiger partial charge on any atom is 0.398 e. The molecular weight excluding hydrogens is 524 g/mol. The summed E-state index contributed by atoms with van der Waals surface area (Å²) >= 11 is 8.16. The molecular formula is C19H15ClF3IN2O3. The quantitative estimate of drug-likeness (QED) is 0.580. The van der Waals surface area contributed by atoms with Crippen molar-refractivity contribution in [3.63, 3.8) is 0 Å². The number of fused-ring (bicyclic) bond motifs is 1. The molecule has 0 radical (unpaired) electrons. The molecule has 5 nitrogen and oxygen atoms in total. The van der Waals surface area contributed by atoms with E-state index in [0.717, 1.165) is 10.2 Å². The molecule has 2 aliphatic carbocycles. The Labute approximate surface area is 182 Å². The fraction of sp³-hybridized carbons (Fsp3) is 0.421. The summed E-state index contributed by atoms with van der Waals surface area (Å²) in [5.74, 6) is -2.40. The predicted molar refractivity (Wildman–Crippen MR) is 106 cm³/mol. The van der Waals surface area contributed by atoms with Crippen LogP contribution in [0.3, 0.4) is 0 Å². The lowest BCUT2D eigenvalue weighted by molar-refractivity contribution is -0.160. The molecule has 0 aliphatic heterocycles. The highest BCUT2D eigenvalue weighted by atomic mass is 127. The van der Waals surface area contributed by atoms with E-state index in [2.05, 4.69) is 5.10 Å². The Morgan fingerprint density at radius 1 is 1.31 bits per heavy atom. The molecule has 1 saturated carbocycles. The van der Waals surface area contributed by atoms with Crippen LogP contribution in [0.5, 0.6) is 0 Å². The van der Waals surface area contributed by atoms with Gasteiger partial charge < -0.3 is 5.11 Å². The van der Waals surface area contributed by atoms with Crippen LogP contribution in [0.4, 0.5) is 13.2 Å². The second kappa shape index (κ2) is 6.97. The van der Waals surface area contributed by atoms with Crippen molar-refractivity contribution in [2.75, 3.05) is 0 Å². The maximum absolute atomic E-state index is 13.7. The lowest BCUT2D eigenvalue weighted by atomic mass is 9.87. The molecule has 2 aliphatic rings. The van der Waals surface area contributed by atoms with E-state index in [1.807, 2.05) is 22.6 Å². The number of nitrogens with zero attached hydrogens (tertiary/aromatic N) is 2. The number of aromatic nitrogens is 2. The van der Waals surface area contributed by atoms with Crippen LogP contribution in [-0.4, -0.2) is 32.9 Å². The predicted octanol–water partition coefficient (Wildman–Crippen LogP) is 4.61. The average molecular weight is 539 g/mol. The van der Waals surface area contributed by atoms with Crippen LogP contribution in [0.15, 0.2) is 18.2 Å². The molecule has 1 heterocycles. The van der Waals surface area contributed by atoms with E-state index in [4.69, 9.17) is 11.6 Å². The molecule has 0 spiro atoms. The van der Waals surface area contributed by atoms with Crippen LogP contribution >= 0.6 is 34.2 Å². The van der Waals surface area contributed by atoms with Gasteiger partial charge in [0.2, 0.25) is 0 Å². The molecule has 0 unspecified atom stereocenters.